The fraction of sp³-hybridized carbons (Fsp3) is 0.158. The van der Waals surface area contributed by atoms with Crippen LogP contribution >= 0.6 is 11.3 Å². The first kappa shape index (κ1) is 18.5. The Bertz CT molecular complexity index is 1030. The van der Waals surface area contributed by atoms with Gasteiger partial charge in [0.05, 0.1) is 23.7 Å². The van der Waals surface area contributed by atoms with Gasteiger partial charge in [-0.3, -0.25) is 9.59 Å². The maximum atomic E-state index is 14.4. The van der Waals surface area contributed by atoms with E-state index in [0.717, 1.165) is 11.1 Å². The lowest BCUT2D eigenvalue weighted by atomic mass is 10.1. The van der Waals surface area contributed by atoms with Gasteiger partial charge in [-0.05, 0) is 23.3 Å². The molecule has 0 aliphatic rings. The average Bonchev–Trinajstić information content (AvgIpc) is 3.08. The molecule has 0 aliphatic heterocycles. The third-order valence-electron chi connectivity index (χ3n) is 3.72. The van der Waals surface area contributed by atoms with Crippen LogP contribution in [0.3, 0.4) is 0 Å². The molecule has 8 heteroatoms. The Morgan fingerprint density at radius 2 is 1.89 bits per heavy atom. The van der Waals surface area contributed by atoms with Gasteiger partial charge in [-0.2, -0.15) is 5.26 Å². The highest BCUT2D eigenvalue weighted by molar-refractivity contribution is 7.18. The monoisotopic (exact) mass is 382 g/mol. The van der Waals surface area contributed by atoms with Crippen molar-refractivity contribution < 1.29 is 14.0 Å². The van der Waals surface area contributed by atoms with E-state index in [-0.39, 0.29) is 25.0 Å². The van der Waals surface area contributed by atoms with E-state index in [9.17, 15) is 14.0 Å². The van der Waals surface area contributed by atoms with Gasteiger partial charge in [0.1, 0.15) is 17.1 Å². The Balaban J connectivity index is 1.71. The molecule has 1 aromatic heterocycles. The molecule has 0 fully saturated rings. The van der Waals surface area contributed by atoms with Crippen LogP contribution in [-0.4, -0.2) is 29.9 Å². The van der Waals surface area contributed by atoms with E-state index in [1.165, 1.54) is 17.4 Å². The van der Waals surface area contributed by atoms with Crippen molar-refractivity contribution in [3.63, 3.8) is 0 Å². The summed E-state index contributed by atoms with van der Waals surface area (Å²) in [6.45, 7) is -0.340. The molecule has 136 valence electrons. The summed E-state index contributed by atoms with van der Waals surface area (Å²) < 4.78 is 15.1. The fourth-order valence-electron chi connectivity index (χ4n) is 2.49. The van der Waals surface area contributed by atoms with Crippen LogP contribution in [0.25, 0.3) is 21.3 Å². The van der Waals surface area contributed by atoms with Gasteiger partial charge in [0.15, 0.2) is 5.82 Å². The number of nitriles is 1. The molecule has 2 aromatic carbocycles. The van der Waals surface area contributed by atoms with Crippen molar-refractivity contribution in [3.8, 4) is 17.2 Å². The van der Waals surface area contributed by atoms with Crippen LogP contribution in [0.1, 0.15) is 5.01 Å². The van der Waals surface area contributed by atoms with Crippen molar-refractivity contribution in [1.29, 1.82) is 5.26 Å². The highest BCUT2D eigenvalue weighted by atomic mass is 32.1. The molecule has 0 saturated carbocycles. The number of rotatable bonds is 6. The lowest BCUT2D eigenvalue weighted by Gasteiger charge is -2.03. The average molecular weight is 382 g/mol. The van der Waals surface area contributed by atoms with E-state index >= 15 is 0 Å². The van der Waals surface area contributed by atoms with Gasteiger partial charge in [0.2, 0.25) is 11.8 Å². The minimum absolute atomic E-state index is 0.0506. The molecule has 1 heterocycles. The lowest BCUT2D eigenvalue weighted by molar-refractivity contribution is -0.125. The van der Waals surface area contributed by atoms with Gasteiger partial charge < -0.3 is 10.6 Å². The SMILES string of the molecule is N#CCNC(=O)CNC(=O)Cc1nc2c(F)cc(-c3ccccc3)cc2s1. The molecular formula is C19H15FN4O2S. The molecule has 0 aliphatic carbocycles. The van der Waals surface area contributed by atoms with Crippen molar-refractivity contribution >= 4 is 33.4 Å². The largest absolute Gasteiger partial charge is 0.347 e. The van der Waals surface area contributed by atoms with Crippen molar-refractivity contribution in [2.45, 2.75) is 6.42 Å². The summed E-state index contributed by atoms with van der Waals surface area (Å²) in [6.07, 6.45) is -0.0506. The second-order valence-electron chi connectivity index (χ2n) is 5.67. The number of thiazole rings is 1. The summed E-state index contributed by atoms with van der Waals surface area (Å²) in [6, 6.07) is 14.5. The Morgan fingerprint density at radius 1 is 1.11 bits per heavy atom. The Morgan fingerprint density at radius 3 is 2.63 bits per heavy atom. The van der Waals surface area contributed by atoms with E-state index in [4.69, 9.17) is 5.26 Å². The van der Waals surface area contributed by atoms with Gasteiger partial charge in [0, 0.05) is 0 Å². The predicted molar refractivity (Wildman–Crippen MR) is 100 cm³/mol. The number of amides is 2. The number of fused-ring (bicyclic) bond motifs is 1. The standard InChI is InChI=1S/C19H15FN4O2S/c20-14-8-13(12-4-2-1-3-5-12)9-15-19(14)24-18(27-15)10-16(25)23-11-17(26)22-7-6-21/h1-5,8-9H,7,10-11H2,(H,22,26)(H,23,25). The van der Waals surface area contributed by atoms with Crippen LogP contribution in [0.5, 0.6) is 0 Å². The number of hydrogen-bond acceptors (Lipinski definition) is 5. The first-order chi connectivity index (χ1) is 13.1. The smallest absolute Gasteiger partial charge is 0.240 e. The summed E-state index contributed by atoms with van der Waals surface area (Å²) in [7, 11) is 0. The first-order valence-electron chi connectivity index (χ1n) is 8.11. The quantitative estimate of drug-likeness (QED) is 0.640. The number of nitrogens with one attached hydrogen (secondary N) is 2. The Kier molecular flexibility index (Phi) is 5.74. The van der Waals surface area contributed by atoms with Crippen LogP contribution in [0.4, 0.5) is 4.39 Å². The lowest BCUT2D eigenvalue weighted by Crippen LogP contribution is -2.37. The van der Waals surface area contributed by atoms with E-state index < -0.39 is 17.6 Å². The van der Waals surface area contributed by atoms with Gasteiger partial charge in [0.25, 0.3) is 0 Å². The van der Waals surface area contributed by atoms with E-state index in [1.807, 2.05) is 36.4 Å². The van der Waals surface area contributed by atoms with Crippen LogP contribution in [-0.2, 0) is 16.0 Å². The topological polar surface area (TPSA) is 94.9 Å². The number of aromatic nitrogens is 1. The maximum Gasteiger partial charge on any atom is 0.240 e. The van der Waals surface area contributed by atoms with E-state index in [1.54, 1.807) is 6.07 Å². The van der Waals surface area contributed by atoms with Gasteiger partial charge >= 0.3 is 0 Å². The minimum Gasteiger partial charge on any atom is -0.347 e. The molecule has 0 unspecified atom stereocenters. The molecule has 3 rings (SSSR count). The second-order valence-corrected chi connectivity index (χ2v) is 6.78. The highest BCUT2D eigenvalue weighted by Crippen LogP contribution is 2.30. The molecule has 3 aromatic rings. The molecule has 0 saturated heterocycles. The van der Waals surface area contributed by atoms with E-state index in [2.05, 4.69) is 15.6 Å². The summed E-state index contributed by atoms with van der Waals surface area (Å²) >= 11 is 1.24. The minimum atomic E-state index is -0.451. The van der Waals surface area contributed by atoms with Crippen molar-refractivity contribution in [3.05, 3.63) is 53.3 Å². The van der Waals surface area contributed by atoms with E-state index in [0.29, 0.717) is 9.71 Å². The predicted octanol–water partition coefficient (Wildman–Crippen LogP) is 2.40. The number of carbonyl (C=O) groups is 2. The molecule has 0 atom stereocenters. The molecule has 0 radical (unpaired) electrons. The van der Waals surface area contributed by atoms with Crippen LogP contribution in [0.15, 0.2) is 42.5 Å². The van der Waals surface area contributed by atoms with Crippen LogP contribution < -0.4 is 10.6 Å². The number of carbonyl (C=O) groups excluding carboxylic acids is 2. The third kappa shape index (κ3) is 4.65. The zero-order valence-electron chi connectivity index (χ0n) is 14.2. The summed E-state index contributed by atoms with van der Waals surface area (Å²) in [5.41, 5.74) is 1.87. The molecule has 6 nitrogen and oxygen atoms in total. The molecule has 0 bridgehead atoms. The number of halogens is 1. The summed E-state index contributed by atoms with van der Waals surface area (Å²) in [4.78, 5) is 27.5. The Labute approximate surface area is 158 Å². The Hall–Kier alpha value is -3.31. The zero-order chi connectivity index (χ0) is 19.2. The van der Waals surface area contributed by atoms with Gasteiger partial charge in [-0.25, -0.2) is 9.37 Å². The summed E-state index contributed by atoms with van der Waals surface area (Å²) in [5, 5.41) is 13.6. The fourth-order valence-corrected chi connectivity index (χ4v) is 3.51. The highest BCUT2D eigenvalue weighted by Gasteiger charge is 2.14. The van der Waals surface area contributed by atoms with Gasteiger partial charge in [-0.15, -0.1) is 11.3 Å². The van der Waals surface area contributed by atoms with Gasteiger partial charge in [-0.1, -0.05) is 30.3 Å². The normalized spacial score (nSPS) is 10.4. The first-order valence-corrected chi connectivity index (χ1v) is 8.93. The number of benzene rings is 2. The molecule has 2 amide bonds. The third-order valence-corrected chi connectivity index (χ3v) is 4.72. The molecule has 27 heavy (non-hydrogen) atoms. The molecule has 0 spiro atoms. The zero-order valence-corrected chi connectivity index (χ0v) is 15.0. The number of nitrogens with zero attached hydrogens (tertiary/aromatic N) is 2. The maximum absolute atomic E-state index is 14.4. The van der Waals surface area contributed by atoms with Crippen LogP contribution in [0, 0.1) is 17.1 Å². The van der Waals surface area contributed by atoms with Crippen molar-refractivity contribution in [2.75, 3.05) is 13.1 Å². The van der Waals surface area contributed by atoms with Crippen molar-refractivity contribution in [1.82, 2.24) is 15.6 Å². The molecular weight excluding hydrogens is 367 g/mol. The second kappa shape index (κ2) is 8.38. The molecule has 2 N–H and O–H groups in total. The summed E-state index contributed by atoms with van der Waals surface area (Å²) in [5.74, 6) is -1.29. The number of hydrogen-bond donors (Lipinski definition) is 2. The van der Waals surface area contributed by atoms with Crippen molar-refractivity contribution in [2.24, 2.45) is 0 Å². The van der Waals surface area contributed by atoms with Crippen LogP contribution in [0.2, 0.25) is 0 Å².